The standard InChI is InChI=1S/C27H34F2N2O4/c1-3-4-13-30-23(17-32)20-12-14-31(18(20)2)25-11-10-24(34-25)27(35-26-7-5-6-15-33-26)19-8-9-21(28)22(29)16-19/h8-9,12-14,16,24-27,32H,2-7,10-11,15,17H2,1H3/b23-20-,30-13?. The van der Waals surface area contributed by atoms with Gasteiger partial charge in [0.05, 0.1) is 18.4 Å². The van der Waals surface area contributed by atoms with E-state index in [1.807, 2.05) is 23.0 Å². The van der Waals surface area contributed by atoms with Crippen molar-refractivity contribution in [2.75, 3.05) is 13.2 Å². The molecule has 1 aromatic heterocycles. The first kappa shape index (κ1) is 25.7. The summed E-state index contributed by atoms with van der Waals surface area (Å²) in [5.41, 5.74) is 1.09. The summed E-state index contributed by atoms with van der Waals surface area (Å²) in [6.45, 7) is 6.70. The number of rotatable bonds is 9. The van der Waals surface area contributed by atoms with Crippen LogP contribution in [-0.2, 0) is 14.2 Å². The second-order valence-electron chi connectivity index (χ2n) is 9.02. The number of aliphatic hydroxyl groups excluding tert-OH is 1. The fourth-order valence-corrected chi connectivity index (χ4v) is 4.64. The van der Waals surface area contributed by atoms with Crippen LogP contribution in [0.2, 0.25) is 0 Å². The summed E-state index contributed by atoms with van der Waals surface area (Å²) in [5.74, 6) is -1.81. The topological polar surface area (TPSA) is 65.2 Å². The molecule has 3 heterocycles. The molecule has 4 rings (SSSR count). The molecule has 35 heavy (non-hydrogen) atoms. The fourth-order valence-electron chi connectivity index (χ4n) is 4.64. The van der Waals surface area contributed by atoms with E-state index in [9.17, 15) is 13.9 Å². The minimum atomic E-state index is -0.916. The summed E-state index contributed by atoms with van der Waals surface area (Å²) in [7, 11) is 0. The summed E-state index contributed by atoms with van der Waals surface area (Å²) < 4.78 is 48.0. The van der Waals surface area contributed by atoms with Crippen LogP contribution in [0.1, 0.15) is 69.8 Å². The van der Waals surface area contributed by atoms with Crippen LogP contribution < -0.4 is 10.6 Å². The molecule has 190 valence electrons. The van der Waals surface area contributed by atoms with Crippen LogP contribution in [0.3, 0.4) is 0 Å². The number of ether oxygens (including phenoxy) is 3. The average Bonchev–Trinajstić information content (AvgIpc) is 3.50. The number of hydrogen-bond acceptors (Lipinski definition) is 5. The molecule has 2 aromatic rings. The smallest absolute Gasteiger partial charge is 0.159 e. The molecule has 2 saturated heterocycles. The molecule has 4 atom stereocenters. The second kappa shape index (κ2) is 12.0. The predicted molar refractivity (Wildman–Crippen MR) is 130 cm³/mol. The van der Waals surface area contributed by atoms with Crippen molar-refractivity contribution in [1.29, 1.82) is 0 Å². The van der Waals surface area contributed by atoms with Gasteiger partial charge >= 0.3 is 0 Å². The number of aromatic nitrogens is 1. The lowest BCUT2D eigenvalue weighted by Crippen LogP contribution is -2.33. The quantitative estimate of drug-likeness (QED) is 0.540. The van der Waals surface area contributed by atoms with Gasteiger partial charge in [0.1, 0.15) is 12.3 Å². The van der Waals surface area contributed by atoms with E-state index in [1.165, 1.54) is 6.07 Å². The Morgan fingerprint density at radius 3 is 2.83 bits per heavy atom. The molecule has 2 fully saturated rings. The van der Waals surface area contributed by atoms with Gasteiger partial charge in [-0.05, 0) is 62.3 Å². The zero-order valence-electron chi connectivity index (χ0n) is 20.2. The lowest BCUT2D eigenvalue weighted by atomic mass is 10.0. The van der Waals surface area contributed by atoms with E-state index < -0.39 is 24.0 Å². The Hall–Kier alpha value is -2.39. The number of aliphatic imine (C=N–C) groups is 1. The highest BCUT2D eigenvalue weighted by Gasteiger charge is 2.36. The summed E-state index contributed by atoms with van der Waals surface area (Å²) in [6, 6.07) is 5.72. The SMILES string of the molecule is C=c1/c(=C(/CO)N=CCCC)ccn1C1CCC(C(OC2CCCCO2)c2ccc(F)c(F)c2)O1. The number of benzene rings is 1. The number of unbranched alkanes of at least 4 members (excludes halogenated alkanes) is 1. The highest BCUT2D eigenvalue weighted by Crippen LogP contribution is 2.38. The van der Waals surface area contributed by atoms with Crippen molar-refractivity contribution in [2.45, 2.75) is 76.6 Å². The average molecular weight is 489 g/mol. The first-order valence-electron chi connectivity index (χ1n) is 12.4. The maximum atomic E-state index is 14.1. The highest BCUT2D eigenvalue weighted by molar-refractivity contribution is 5.65. The summed E-state index contributed by atoms with van der Waals surface area (Å²) in [4.78, 5) is 4.41. The lowest BCUT2D eigenvalue weighted by Gasteiger charge is -2.31. The van der Waals surface area contributed by atoms with Gasteiger partial charge in [0.2, 0.25) is 0 Å². The molecule has 0 spiro atoms. The Morgan fingerprint density at radius 2 is 2.11 bits per heavy atom. The molecule has 8 heteroatoms. The van der Waals surface area contributed by atoms with E-state index in [1.54, 1.807) is 6.07 Å². The predicted octanol–water partition coefficient (Wildman–Crippen LogP) is 4.11. The van der Waals surface area contributed by atoms with Crippen molar-refractivity contribution in [2.24, 2.45) is 4.99 Å². The Bertz CT molecular complexity index is 1130. The lowest BCUT2D eigenvalue weighted by molar-refractivity contribution is -0.215. The van der Waals surface area contributed by atoms with Crippen LogP contribution >= 0.6 is 0 Å². The third-order valence-electron chi connectivity index (χ3n) is 6.54. The van der Waals surface area contributed by atoms with Gasteiger partial charge in [0.25, 0.3) is 0 Å². The molecule has 2 aliphatic heterocycles. The number of hydrogen-bond donors (Lipinski definition) is 1. The first-order chi connectivity index (χ1) is 17.0. The third kappa shape index (κ3) is 6.06. The molecular weight excluding hydrogens is 454 g/mol. The van der Waals surface area contributed by atoms with Crippen molar-refractivity contribution in [3.05, 3.63) is 58.2 Å². The molecule has 0 radical (unpaired) electrons. The van der Waals surface area contributed by atoms with Crippen molar-refractivity contribution in [3.63, 3.8) is 0 Å². The Morgan fingerprint density at radius 1 is 1.26 bits per heavy atom. The minimum Gasteiger partial charge on any atom is -0.390 e. The van der Waals surface area contributed by atoms with Crippen LogP contribution in [0.25, 0.3) is 12.3 Å². The van der Waals surface area contributed by atoms with E-state index in [-0.39, 0.29) is 18.9 Å². The van der Waals surface area contributed by atoms with Crippen LogP contribution in [0, 0.1) is 11.6 Å². The van der Waals surface area contributed by atoms with Crippen LogP contribution in [0.15, 0.2) is 35.5 Å². The zero-order chi connectivity index (χ0) is 24.8. The summed E-state index contributed by atoms with van der Waals surface area (Å²) in [5, 5.41) is 11.3. The molecule has 1 aromatic carbocycles. The van der Waals surface area contributed by atoms with Gasteiger partial charge in [-0.1, -0.05) is 26.0 Å². The first-order valence-corrected chi connectivity index (χ1v) is 12.4. The monoisotopic (exact) mass is 488 g/mol. The van der Waals surface area contributed by atoms with Gasteiger partial charge in [-0.15, -0.1) is 0 Å². The Balaban J connectivity index is 1.57. The van der Waals surface area contributed by atoms with Crippen LogP contribution in [-0.4, -0.2) is 41.5 Å². The van der Waals surface area contributed by atoms with Gasteiger partial charge in [0, 0.05) is 29.6 Å². The molecule has 0 amide bonds. The van der Waals surface area contributed by atoms with Crippen LogP contribution in [0.5, 0.6) is 0 Å². The van der Waals surface area contributed by atoms with Crippen molar-refractivity contribution in [3.8, 4) is 0 Å². The minimum absolute atomic E-state index is 0.186. The van der Waals surface area contributed by atoms with E-state index in [0.29, 0.717) is 36.1 Å². The Kier molecular flexibility index (Phi) is 8.83. The van der Waals surface area contributed by atoms with E-state index >= 15 is 0 Å². The number of halogens is 2. The third-order valence-corrected chi connectivity index (χ3v) is 6.54. The highest BCUT2D eigenvalue weighted by atomic mass is 19.2. The molecule has 1 N–H and O–H groups in total. The van der Waals surface area contributed by atoms with E-state index in [2.05, 4.69) is 18.5 Å². The number of aliphatic hydroxyl groups is 1. The van der Waals surface area contributed by atoms with Gasteiger partial charge in [-0.2, -0.15) is 0 Å². The Labute approximate surface area is 204 Å². The summed E-state index contributed by atoms with van der Waals surface area (Å²) >= 11 is 0. The largest absolute Gasteiger partial charge is 0.390 e. The normalized spacial score (nSPS) is 24.7. The van der Waals surface area contributed by atoms with Gasteiger partial charge < -0.3 is 23.9 Å². The summed E-state index contributed by atoms with van der Waals surface area (Å²) in [6.07, 6.45) is 7.91. The molecule has 0 aliphatic carbocycles. The van der Waals surface area contributed by atoms with Crippen molar-refractivity contribution >= 4 is 18.5 Å². The molecule has 0 bridgehead atoms. The van der Waals surface area contributed by atoms with Gasteiger partial charge in [-0.25, -0.2) is 8.78 Å². The maximum Gasteiger partial charge on any atom is 0.159 e. The molecule has 0 saturated carbocycles. The number of nitrogens with zero attached hydrogens (tertiary/aromatic N) is 2. The van der Waals surface area contributed by atoms with Crippen molar-refractivity contribution in [1.82, 2.24) is 4.57 Å². The molecular formula is C27H34F2N2O4. The van der Waals surface area contributed by atoms with Gasteiger partial charge in [-0.3, -0.25) is 4.99 Å². The zero-order valence-corrected chi connectivity index (χ0v) is 20.2. The molecule has 4 unspecified atom stereocenters. The molecule has 2 aliphatic rings. The fraction of sp³-hybridized carbons (Fsp3) is 0.519. The van der Waals surface area contributed by atoms with E-state index in [0.717, 1.165) is 43.4 Å². The van der Waals surface area contributed by atoms with Crippen LogP contribution in [0.4, 0.5) is 8.78 Å². The van der Waals surface area contributed by atoms with E-state index in [4.69, 9.17) is 14.2 Å². The van der Waals surface area contributed by atoms with Crippen molar-refractivity contribution < 1.29 is 28.1 Å². The second-order valence-corrected chi connectivity index (χ2v) is 9.02. The maximum absolute atomic E-state index is 14.1. The van der Waals surface area contributed by atoms with Gasteiger partial charge in [0.15, 0.2) is 17.9 Å². The molecule has 6 nitrogen and oxygen atoms in total.